The standard InChI is InChI=1S/C20H23N5O2.HI/c1-14-16-7-3-4-8-17(16)27-18(14)13-25-20(21-2)24-11-10-23-19(26)15-6-5-9-22-12-15;/h3-9,12H,10-11,13H2,1-2H3,(H,23,26)(H2,21,24,25);1H. The second kappa shape index (κ2) is 10.6. The van der Waals surface area contributed by atoms with Gasteiger partial charge in [0.2, 0.25) is 0 Å². The van der Waals surface area contributed by atoms with Crippen LogP contribution < -0.4 is 16.0 Å². The van der Waals surface area contributed by atoms with Crippen molar-refractivity contribution in [3.8, 4) is 0 Å². The summed E-state index contributed by atoms with van der Waals surface area (Å²) in [5, 5.41) is 10.4. The number of benzene rings is 1. The number of aryl methyl sites for hydroxylation is 1. The molecule has 0 unspecified atom stereocenters. The molecule has 0 fully saturated rings. The summed E-state index contributed by atoms with van der Waals surface area (Å²) in [6.45, 7) is 3.60. The number of guanidine groups is 1. The van der Waals surface area contributed by atoms with Gasteiger partial charge in [0.05, 0.1) is 12.1 Å². The van der Waals surface area contributed by atoms with Crippen LogP contribution in [0.1, 0.15) is 21.7 Å². The Morgan fingerprint density at radius 1 is 1.11 bits per heavy atom. The van der Waals surface area contributed by atoms with Crippen LogP contribution in [-0.2, 0) is 6.54 Å². The van der Waals surface area contributed by atoms with Crippen molar-refractivity contribution in [2.24, 2.45) is 4.99 Å². The Bertz CT molecular complexity index is 940. The highest BCUT2D eigenvalue weighted by atomic mass is 127. The number of rotatable bonds is 6. The Hall–Kier alpha value is -2.62. The first-order chi connectivity index (χ1) is 13.2. The predicted molar refractivity (Wildman–Crippen MR) is 121 cm³/mol. The SMILES string of the molecule is CN=C(NCCNC(=O)c1cccnc1)NCc1oc2ccccc2c1C.I. The molecule has 3 rings (SSSR count). The summed E-state index contributed by atoms with van der Waals surface area (Å²) in [5.74, 6) is 1.38. The number of fused-ring (bicyclic) bond motifs is 1. The Balaban J connectivity index is 0.00000280. The summed E-state index contributed by atoms with van der Waals surface area (Å²) < 4.78 is 5.89. The first-order valence-corrected chi connectivity index (χ1v) is 8.79. The fourth-order valence-corrected chi connectivity index (χ4v) is 2.73. The molecule has 3 N–H and O–H groups in total. The third kappa shape index (κ3) is 5.44. The number of halogens is 1. The van der Waals surface area contributed by atoms with E-state index in [2.05, 4.69) is 32.0 Å². The quantitative estimate of drug-likeness (QED) is 0.213. The van der Waals surface area contributed by atoms with Crippen molar-refractivity contribution in [1.29, 1.82) is 0 Å². The number of para-hydroxylation sites is 1. The Kier molecular flexibility index (Phi) is 8.24. The zero-order valence-corrected chi connectivity index (χ0v) is 18.2. The molecule has 2 aromatic heterocycles. The first kappa shape index (κ1) is 21.7. The van der Waals surface area contributed by atoms with Crippen LogP contribution in [0.4, 0.5) is 0 Å². The van der Waals surface area contributed by atoms with Gasteiger partial charge < -0.3 is 20.4 Å². The fourth-order valence-electron chi connectivity index (χ4n) is 2.73. The van der Waals surface area contributed by atoms with E-state index in [0.29, 0.717) is 31.2 Å². The lowest BCUT2D eigenvalue weighted by Gasteiger charge is -2.12. The van der Waals surface area contributed by atoms with E-state index in [1.165, 1.54) is 0 Å². The van der Waals surface area contributed by atoms with Gasteiger partial charge in [-0.1, -0.05) is 18.2 Å². The highest BCUT2D eigenvalue weighted by molar-refractivity contribution is 14.0. The van der Waals surface area contributed by atoms with Crippen LogP contribution in [0.25, 0.3) is 11.0 Å². The molecule has 0 aliphatic carbocycles. The third-order valence-electron chi connectivity index (χ3n) is 4.21. The smallest absolute Gasteiger partial charge is 0.252 e. The summed E-state index contributed by atoms with van der Waals surface area (Å²) in [6, 6.07) is 11.4. The van der Waals surface area contributed by atoms with E-state index in [9.17, 15) is 4.79 Å². The van der Waals surface area contributed by atoms with Gasteiger partial charge in [0.15, 0.2) is 5.96 Å². The van der Waals surface area contributed by atoms with Gasteiger partial charge in [-0.3, -0.25) is 14.8 Å². The second-order valence-electron chi connectivity index (χ2n) is 6.00. The van der Waals surface area contributed by atoms with E-state index in [4.69, 9.17) is 4.42 Å². The van der Waals surface area contributed by atoms with Gasteiger partial charge in [-0.05, 0) is 25.1 Å². The number of nitrogens with zero attached hydrogens (tertiary/aromatic N) is 2. The van der Waals surface area contributed by atoms with E-state index >= 15 is 0 Å². The van der Waals surface area contributed by atoms with E-state index < -0.39 is 0 Å². The zero-order valence-electron chi connectivity index (χ0n) is 15.9. The molecule has 8 heteroatoms. The van der Waals surface area contributed by atoms with Crippen LogP contribution in [0, 0.1) is 6.92 Å². The molecule has 1 aromatic carbocycles. The fraction of sp³-hybridized carbons (Fsp3) is 0.250. The molecule has 0 saturated carbocycles. The van der Waals surface area contributed by atoms with E-state index in [1.807, 2.05) is 25.1 Å². The number of carbonyl (C=O) groups excluding carboxylic acids is 1. The Morgan fingerprint density at radius 3 is 2.61 bits per heavy atom. The van der Waals surface area contributed by atoms with Crippen molar-refractivity contribution < 1.29 is 9.21 Å². The van der Waals surface area contributed by atoms with Crippen molar-refractivity contribution in [3.05, 3.63) is 65.7 Å². The van der Waals surface area contributed by atoms with E-state index in [-0.39, 0.29) is 29.9 Å². The van der Waals surface area contributed by atoms with Gasteiger partial charge in [0.1, 0.15) is 11.3 Å². The van der Waals surface area contributed by atoms with Gasteiger partial charge in [0, 0.05) is 43.5 Å². The highest BCUT2D eigenvalue weighted by Gasteiger charge is 2.10. The molecule has 0 saturated heterocycles. The van der Waals surface area contributed by atoms with E-state index in [0.717, 1.165) is 22.3 Å². The maximum absolute atomic E-state index is 12.0. The van der Waals surface area contributed by atoms with Crippen molar-refractivity contribution >= 4 is 46.8 Å². The van der Waals surface area contributed by atoms with Crippen molar-refractivity contribution in [2.75, 3.05) is 20.1 Å². The molecule has 28 heavy (non-hydrogen) atoms. The van der Waals surface area contributed by atoms with Crippen LogP contribution in [0.3, 0.4) is 0 Å². The lowest BCUT2D eigenvalue weighted by atomic mass is 10.1. The van der Waals surface area contributed by atoms with Crippen LogP contribution in [0.15, 0.2) is 58.2 Å². The van der Waals surface area contributed by atoms with Gasteiger partial charge >= 0.3 is 0 Å². The zero-order chi connectivity index (χ0) is 19.1. The number of nitrogens with one attached hydrogen (secondary N) is 3. The number of hydrogen-bond acceptors (Lipinski definition) is 4. The molecule has 0 aliphatic heterocycles. The minimum absolute atomic E-state index is 0. The van der Waals surface area contributed by atoms with Gasteiger partial charge in [-0.25, -0.2) is 0 Å². The molecule has 0 spiro atoms. The number of hydrogen-bond donors (Lipinski definition) is 3. The van der Waals surface area contributed by atoms with Gasteiger partial charge in [-0.2, -0.15) is 0 Å². The Labute approximate surface area is 181 Å². The molecule has 0 bridgehead atoms. The average molecular weight is 493 g/mol. The lowest BCUT2D eigenvalue weighted by Crippen LogP contribution is -2.41. The molecular formula is C20H24IN5O2. The molecule has 0 radical (unpaired) electrons. The monoisotopic (exact) mass is 493 g/mol. The summed E-state index contributed by atoms with van der Waals surface area (Å²) in [7, 11) is 1.70. The largest absolute Gasteiger partial charge is 0.459 e. The summed E-state index contributed by atoms with van der Waals surface area (Å²) in [5.41, 5.74) is 2.55. The molecule has 2 heterocycles. The van der Waals surface area contributed by atoms with Crippen LogP contribution in [-0.4, -0.2) is 37.0 Å². The molecule has 3 aromatic rings. The predicted octanol–water partition coefficient (Wildman–Crippen LogP) is 2.85. The second-order valence-corrected chi connectivity index (χ2v) is 6.00. The number of pyridine rings is 1. The summed E-state index contributed by atoms with van der Waals surface area (Å²) in [4.78, 5) is 20.1. The maximum atomic E-state index is 12.0. The first-order valence-electron chi connectivity index (χ1n) is 8.79. The number of amides is 1. The molecule has 0 aliphatic rings. The summed E-state index contributed by atoms with van der Waals surface area (Å²) in [6.07, 6.45) is 3.18. The summed E-state index contributed by atoms with van der Waals surface area (Å²) >= 11 is 0. The number of aromatic nitrogens is 1. The van der Waals surface area contributed by atoms with Gasteiger partial charge in [-0.15, -0.1) is 24.0 Å². The number of carbonyl (C=O) groups is 1. The van der Waals surface area contributed by atoms with E-state index in [1.54, 1.807) is 31.6 Å². The minimum Gasteiger partial charge on any atom is -0.459 e. The van der Waals surface area contributed by atoms with Gasteiger partial charge in [0.25, 0.3) is 5.91 Å². The van der Waals surface area contributed by atoms with Crippen molar-refractivity contribution in [2.45, 2.75) is 13.5 Å². The maximum Gasteiger partial charge on any atom is 0.252 e. The normalized spacial score (nSPS) is 11.0. The lowest BCUT2D eigenvalue weighted by molar-refractivity contribution is 0.0954. The molecule has 7 nitrogen and oxygen atoms in total. The Morgan fingerprint density at radius 2 is 1.89 bits per heavy atom. The van der Waals surface area contributed by atoms with Crippen LogP contribution in [0.5, 0.6) is 0 Å². The van der Waals surface area contributed by atoms with Crippen molar-refractivity contribution in [3.63, 3.8) is 0 Å². The number of aliphatic imine (C=N–C) groups is 1. The topological polar surface area (TPSA) is 91.5 Å². The van der Waals surface area contributed by atoms with Crippen molar-refractivity contribution in [1.82, 2.24) is 20.9 Å². The molecule has 1 amide bonds. The average Bonchev–Trinajstić information content (AvgIpc) is 3.04. The third-order valence-corrected chi connectivity index (χ3v) is 4.21. The van der Waals surface area contributed by atoms with Crippen LogP contribution >= 0.6 is 24.0 Å². The molecular weight excluding hydrogens is 469 g/mol. The molecule has 0 atom stereocenters. The van der Waals surface area contributed by atoms with Crippen LogP contribution in [0.2, 0.25) is 0 Å². The minimum atomic E-state index is -0.147. The number of furan rings is 1. The molecule has 148 valence electrons. The highest BCUT2D eigenvalue weighted by Crippen LogP contribution is 2.24.